The quantitative estimate of drug-likeness (QED) is 0.645. The lowest BCUT2D eigenvalue weighted by atomic mass is 10.2. The first-order valence-electron chi connectivity index (χ1n) is 7.62. The first-order valence-corrected chi connectivity index (χ1v) is 8.50. The van der Waals surface area contributed by atoms with Gasteiger partial charge in [-0.2, -0.15) is 0 Å². The number of hydrogen-bond donors (Lipinski definition) is 0. The van der Waals surface area contributed by atoms with Gasteiger partial charge in [-0.25, -0.2) is 4.79 Å². The van der Waals surface area contributed by atoms with Crippen molar-refractivity contribution in [3.63, 3.8) is 0 Å². The molecule has 0 bridgehead atoms. The number of rotatable bonds is 6. The van der Waals surface area contributed by atoms with Crippen LogP contribution in [-0.4, -0.2) is 24.0 Å². The van der Waals surface area contributed by atoms with Gasteiger partial charge in [0, 0.05) is 28.9 Å². The Morgan fingerprint density at radius 1 is 1.25 bits per heavy atom. The molecular weight excluding hydrogens is 326 g/mol. The minimum Gasteiger partial charge on any atom is -0.484 e. The van der Waals surface area contributed by atoms with Crippen molar-refractivity contribution in [2.75, 3.05) is 13.2 Å². The van der Waals surface area contributed by atoms with Crippen molar-refractivity contribution in [3.8, 4) is 5.75 Å². The molecule has 6 heteroatoms. The summed E-state index contributed by atoms with van der Waals surface area (Å²) in [5, 5.41) is 2.80. The van der Waals surface area contributed by atoms with Crippen LogP contribution in [0.25, 0.3) is 11.0 Å². The van der Waals surface area contributed by atoms with Gasteiger partial charge in [0.15, 0.2) is 6.61 Å². The minimum atomic E-state index is -0.413. The van der Waals surface area contributed by atoms with Gasteiger partial charge in [-0.3, -0.25) is 4.79 Å². The van der Waals surface area contributed by atoms with E-state index >= 15 is 0 Å². The number of carbonyl (C=O) groups excluding carboxylic acids is 1. The smallest absolute Gasteiger partial charge is 0.336 e. The maximum absolute atomic E-state index is 12.3. The van der Waals surface area contributed by atoms with E-state index in [9.17, 15) is 9.59 Å². The normalized spacial score (nSPS) is 10.7. The van der Waals surface area contributed by atoms with E-state index in [-0.39, 0.29) is 12.5 Å². The first kappa shape index (κ1) is 16.3. The topological polar surface area (TPSA) is 59.8 Å². The summed E-state index contributed by atoms with van der Waals surface area (Å²) in [6, 6.07) is 12.2. The van der Waals surface area contributed by atoms with Gasteiger partial charge in [0.05, 0.1) is 6.54 Å². The molecule has 3 aromatic rings. The van der Waals surface area contributed by atoms with Crippen molar-refractivity contribution in [2.45, 2.75) is 13.5 Å². The summed E-state index contributed by atoms with van der Waals surface area (Å²) in [6.07, 6.45) is 0. The lowest BCUT2D eigenvalue weighted by molar-refractivity contribution is -0.133. The summed E-state index contributed by atoms with van der Waals surface area (Å²) >= 11 is 1.62. The molecule has 1 aromatic carbocycles. The molecule has 0 atom stereocenters. The van der Waals surface area contributed by atoms with Crippen LogP contribution >= 0.6 is 11.3 Å². The zero-order valence-electron chi connectivity index (χ0n) is 13.2. The fourth-order valence-electron chi connectivity index (χ4n) is 2.33. The summed E-state index contributed by atoms with van der Waals surface area (Å²) in [5.41, 5.74) is 0.0298. The van der Waals surface area contributed by atoms with Crippen LogP contribution in [0, 0.1) is 0 Å². The molecule has 124 valence electrons. The molecule has 5 nitrogen and oxygen atoms in total. The summed E-state index contributed by atoms with van der Waals surface area (Å²) in [4.78, 5) is 26.5. The Bertz CT molecular complexity index is 885. The molecule has 0 fully saturated rings. The fraction of sp³-hybridized carbons (Fsp3) is 0.222. The Kier molecular flexibility index (Phi) is 4.96. The second-order valence-corrected chi connectivity index (χ2v) is 6.26. The van der Waals surface area contributed by atoms with E-state index in [1.807, 2.05) is 24.4 Å². The third-order valence-electron chi connectivity index (χ3n) is 3.62. The standard InChI is InChI=1S/C18H17NO4S/c1-2-19(11-15-4-3-9-24-15)17(20)12-22-14-7-5-13-6-8-18(21)23-16(13)10-14/h3-10H,2,11-12H2,1H3. The van der Waals surface area contributed by atoms with E-state index in [0.29, 0.717) is 24.4 Å². The second kappa shape index (κ2) is 7.31. The zero-order valence-corrected chi connectivity index (χ0v) is 14.0. The molecule has 0 aliphatic heterocycles. The highest BCUT2D eigenvalue weighted by molar-refractivity contribution is 7.09. The van der Waals surface area contributed by atoms with Gasteiger partial charge >= 0.3 is 5.63 Å². The number of thiophene rings is 1. The average molecular weight is 343 g/mol. The van der Waals surface area contributed by atoms with Gasteiger partial charge in [0.25, 0.3) is 5.91 Å². The van der Waals surface area contributed by atoms with Gasteiger partial charge in [0.2, 0.25) is 0 Å². The second-order valence-electron chi connectivity index (χ2n) is 5.23. The van der Waals surface area contributed by atoms with Crippen LogP contribution in [0.2, 0.25) is 0 Å². The van der Waals surface area contributed by atoms with E-state index in [1.165, 1.54) is 6.07 Å². The van der Waals surface area contributed by atoms with Crippen LogP contribution in [0.1, 0.15) is 11.8 Å². The molecule has 0 saturated heterocycles. The summed E-state index contributed by atoms with van der Waals surface area (Å²) < 4.78 is 10.7. The predicted octanol–water partition coefficient (Wildman–Crippen LogP) is 3.28. The number of nitrogens with zero attached hydrogens (tertiary/aromatic N) is 1. The van der Waals surface area contributed by atoms with Crippen LogP contribution in [0.5, 0.6) is 5.75 Å². The van der Waals surface area contributed by atoms with Crippen LogP contribution in [0.4, 0.5) is 0 Å². The number of benzene rings is 1. The minimum absolute atomic E-state index is 0.0538. The lowest BCUT2D eigenvalue weighted by Gasteiger charge is -2.20. The molecule has 24 heavy (non-hydrogen) atoms. The van der Waals surface area contributed by atoms with Crippen molar-refractivity contribution in [1.82, 2.24) is 4.90 Å². The molecule has 0 aliphatic carbocycles. The van der Waals surface area contributed by atoms with E-state index in [2.05, 4.69) is 0 Å². The Morgan fingerprint density at radius 2 is 2.08 bits per heavy atom. The number of amides is 1. The fourth-order valence-corrected chi connectivity index (χ4v) is 3.05. The molecule has 0 unspecified atom stereocenters. The van der Waals surface area contributed by atoms with Gasteiger partial charge in [0.1, 0.15) is 11.3 Å². The Labute approximate surface area is 143 Å². The summed E-state index contributed by atoms with van der Waals surface area (Å²) in [6.45, 7) is 3.09. The molecule has 2 aromatic heterocycles. The molecule has 0 N–H and O–H groups in total. The van der Waals surface area contributed by atoms with Crippen molar-refractivity contribution >= 4 is 28.2 Å². The summed E-state index contributed by atoms with van der Waals surface area (Å²) in [7, 11) is 0. The van der Waals surface area contributed by atoms with E-state index in [4.69, 9.17) is 9.15 Å². The van der Waals surface area contributed by atoms with Crippen molar-refractivity contribution < 1.29 is 13.9 Å². The molecule has 0 saturated carbocycles. The number of hydrogen-bond acceptors (Lipinski definition) is 5. The highest BCUT2D eigenvalue weighted by Gasteiger charge is 2.13. The number of fused-ring (bicyclic) bond motifs is 1. The molecule has 0 aliphatic rings. The Morgan fingerprint density at radius 3 is 2.83 bits per heavy atom. The lowest BCUT2D eigenvalue weighted by Crippen LogP contribution is -2.34. The Hall–Kier alpha value is -2.60. The van der Waals surface area contributed by atoms with Gasteiger partial charge < -0.3 is 14.1 Å². The van der Waals surface area contributed by atoms with Crippen LogP contribution in [0.3, 0.4) is 0 Å². The van der Waals surface area contributed by atoms with Gasteiger partial charge in [-0.15, -0.1) is 11.3 Å². The largest absolute Gasteiger partial charge is 0.484 e. The van der Waals surface area contributed by atoms with Crippen LogP contribution in [-0.2, 0) is 11.3 Å². The van der Waals surface area contributed by atoms with Gasteiger partial charge in [-0.05, 0) is 36.6 Å². The maximum Gasteiger partial charge on any atom is 0.336 e. The van der Waals surface area contributed by atoms with Gasteiger partial charge in [-0.1, -0.05) is 6.07 Å². The van der Waals surface area contributed by atoms with Crippen molar-refractivity contribution in [2.24, 2.45) is 0 Å². The molecule has 1 amide bonds. The molecule has 2 heterocycles. The average Bonchev–Trinajstić information content (AvgIpc) is 3.10. The summed E-state index contributed by atoms with van der Waals surface area (Å²) in [5.74, 6) is 0.415. The number of ether oxygens (including phenoxy) is 1. The number of likely N-dealkylation sites (N-methyl/N-ethyl adjacent to an activating group) is 1. The Balaban J connectivity index is 1.65. The highest BCUT2D eigenvalue weighted by Crippen LogP contribution is 2.19. The molecule has 3 rings (SSSR count). The van der Waals surface area contributed by atoms with Crippen LogP contribution < -0.4 is 10.4 Å². The molecular formula is C18H17NO4S. The molecule has 0 spiro atoms. The number of carbonyl (C=O) groups is 1. The van der Waals surface area contributed by atoms with Crippen LogP contribution in [0.15, 0.2) is 57.1 Å². The predicted molar refractivity (Wildman–Crippen MR) is 93.4 cm³/mol. The third-order valence-corrected chi connectivity index (χ3v) is 4.48. The highest BCUT2D eigenvalue weighted by atomic mass is 32.1. The monoisotopic (exact) mass is 343 g/mol. The van der Waals surface area contributed by atoms with Crippen molar-refractivity contribution in [3.05, 3.63) is 63.1 Å². The first-order chi connectivity index (χ1) is 11.7. The molecule has 0 radical (unpaired) electrons. The van der Waals surface area contributed by atoms with E-state index in [0.717, 1.165) is 10.3 Å². The maximum atomic E-state index is 12.3. The van der Waals surface area contributed by atoms with E-state index < -0.39 is 5.63 Å². The van der Waals surface area contributed by atoms with Crippen molar-refractivity contribution in [1.29, 1.82) is 0 Å². The SMILES string of the molecule is CCN(Cc1cccs1)C(=O)COc1ccc2ccc(=O)oc2c1. The van der Waals surface area contributed by atoms with E-state index in [1.54, 1.807) is 40.5 Å². The third kappa shape index (κ3) is 3.83. The zero-order chi connectivity index (χ0) is 16.9.